The van der Waals surface area contributed by atoms with Crippen LogP contribution in [0.25, 0.3) is 0 Å². The van der Waals surface area contributed by atoms with Crippen LogP contribution in [-0.2, 0) is 0 Å². The molecule has 3 heteroatoms. The van der Waals surface area contributed by atoms with E-state index in [1.54, 1.807) is 0 Å². The molecular formula is C10H19N3. The molecule has 0 aliphatic carbocycles. The van der Waals surface area contributed by atoms with Gasteiger partial charge in [0.25, 0.3) is 0 Å². The van der Waals surface area contributed by atoms with Gasteiger partial charge in [0.2, 0.25) is 0 Å². The zero-order valence-electron chi connectivity index (χ0n) is 8.88. The Hall–Kier alpha value is -0.590. The van der Waals surface area contributed by atoms with Crippen LogP contribution in [0, 0.1) is 11.3 Å². The van der Waals surface area contributed by atoms with E-state index in [2.05, 4.69) is 22.9 Å². The van der Waals surface area contributed by atoms with Crippen molar-refractivity contribution in [2.45, 2.75) is 25.8 Å². The van der Waals surface area contributed by atoms with E-state index in [0.717, 1.165) is 26.2 Å². The van der Waals surface area contributed by atoms with Crippen molar-refractivity contribution in [1.29, 1.82) is 5.26 Å². The molecule has 0 saturated carbocycles. The summed E-state index contributed by atoms with van der Waals surface area (Å²) in [6.07, 6.45) is 1.17. The molecule has 1 aliphatic rings. The van der Waals surface area contributed by atoms with Crippen LogP contribution < -0.4 is 0 Å². The minimum Gasteiger partial charge on any atom is -0.305 e. The maximum Gasteiger partial charge on any atom is 0.103 e. The van der Waals surface area contributed by atoms with E-state index in [1.165, 1.54) is 6.42 Å². The van der Waals surface area contributed by atoms with Gasteiger partial charge >= 0.3 is 0 Å². The quantitative estimate of drug-likeness (QED) is 0.603. The molecule has 0 aromatic heterocycles. The molecule has 1 rings (SSSR count). The lowest BCUT2D eigenvalue weighted by Crippen LogP contribution is -2.44. The summed E-state index contributed by atoms with van der Waals surface area (Å²) < 4.78 is 0. The molecule has 0 bridgehead atoms. The second-order valence-corrected chi connectivity index (χ2v) is 4.31. The van der Waals surface area contributed by atoms with Crippen molar-refractivity contribution >= 4 is 0 Å². The summed E-state index contributed by atoms with van der Waals surface area (Å²) >= 11 is 0. The number of nitriles is 1. The van der Waals surface area contributed by atoms with E-state index in [-0.39, 0.29) is 5.54 Å². The number of hydrogen-bond acceptors (Lipinski definition) is 3. The number of nitrogens with zero attached hydrogens (tertiary/aromatic N) is 3. The third-order valence-corrected chi connectivity index (χ3v) is 2.78. The normalized spacial score (nSPS) is 22.3. The number of likely N-dealkylation sites (N-methyl/N-ethyl adjacent to an activating group) is 1. The highest BCUT2D eigenvalue weighted by atomic mass is 15.2. The molecule has 1 saturated heterocycles. The van der Waals surface area contributed by atoms with E-state index < -0.39 is 0 Å². The maximum atomic E-state index is 9.00. The largest absolute Gasteiger partial charge is 0.305 e. The highest BCUT2D eigenvalue weighted by Crippen LogP contribution is 2.15. The summed E-state index contributed by atoms with van der Waals surface area (Å²) in [4.78, 5) is 4.60. The Bertz CT molecular complexity index is 205. The molecule has 1 heterocycles. The van der Waals surface area contributed by atoms with Gasteiger partial charge in [-0.2, -0.15) is 5.26 Å². The van der Waals surface area contributed by atoms with Crippen molar-refractivity contribution in [3.63, 3.8) is 0 Å². The first-order valence-electron chi connectivity index (χ1n) is 4.91. The lowest BCUT2D eigenvalue weighted by Gasteiger charge is -2.31. The first-order valence-corrected chi connectivity index (χ1v) is 4.91. The average molecular weight is 181 g/mol. The Balaban J connectivity index is 2.57. The minimum atomic E-state index is -0.300. The van der Waals surface area contributed by atoms with Crippen molar-refractivity contribution in [3.05, 3.63) is 0 Å². The van der Waals surface area contributed by atoms with Crippen molar-refractivity contribution in [3.8, 4) is 6.07 Å². The maximum absolute atomic E-state index is 9.00. The molecule has 0 atom stereocenters. The lowest BCUT2D eigenvalue weighted by molar-refractivity contribution is 0.174. The summed E-state index contributed by atoms with van der Waals surface area (Å²) in [7, 11) is 2.14. The van der Waals surface area contributed by atoms with E-state index >= 15 is 0 Å². The van der Waals surface area contributed by atoms with Gasteiger partial charge in [0.1, 0.15) is 5.54 Å². The van der Waals surface area contributed by atoms with E-state index in [0.29, 0.717) is 0 Å². The Morgan fingerprint density at radius 3 is 2.46 bits per heavy atom. The van der Waals surface area contributed by atoms with Gasteiger partial charge in [0, 0.05) is 19.6 Å². The summed E-state index contributed by atoms with van der Waals surface area (Å²) in [5, 5.41) is 9.00. The van der Waals surface area contributed by atoms with Crippen LogP contribution in [-0.4, -0.2) is 48.6 Å². The summed E-state index contributed by atoms with van der Waals surface area (Å²) in [5.41, 5.74) is -0.300. The molecule has 1 aliphatic heterocycles. The second-order valence-electron chi connectivity index (χ2n) is 4.31. The molecule has 0 amide bonds. The number of rotatable bonds is 1. The van der Waals surface area contributed by atoms with Crippen LogP contribution >= 0.6 is 0 Å². The molecule has 0 N–H and O–H groups in total. The Morgan fingerprint density at radius 2 is 1.85 bits per heavy atom. The summed E-state index contributed by atoms with van der Waals surface area (Å²) in [6.45, 7) is 8.28. The molecule has 13 heavy (non-hydrogen) atoms. The van der Waals surface area contributed by atoms with E-state index in [4.69, 9.17) is 5.26 Å². The molecule has 74 valence electrons. The van der Waals surface area contributed by atoms with Crippen molar-refractivity contribution in [1.82, 2.24) is 9.80 Å². The van der Waals surface area contributed by atoms with Crippen LogP contribution in [0.4, 0.5) is 0 Å². The first kappa shape index (κ1) is 10.5. The minimum absolute atomic E-state index is 0.300. The monoisotopic (exact) mass is 181 g/mol. The third-order valence-electron chi connectivity index (χ3n) is 2.78. The van der Waals surface area contributed by atoms with E-state index in [9.17, 15) is 0 Å². The fourth-order valence-corrected chi connectivity index (χ4v) is 1.68. The van der Waals surface area contributed by atoms with Crippen LogP contribution in [0.2, 0.25) is 0 Å². The van der Waals surface area contributed by atoms with Gasteiger partial charge in [-0.25, -0.2) is 0 Å². The van der Waals surface area contributed by atoms with Crippen molar-refractivity contribution < 1.29 is 0 Å². The predicted octanol–water partition coefficient (Wildman–Crippen LogP) is 0.926. The third kappa shape index (κ3) is 2.68. The van der Waals surface area contributed by atoms with Crippen LogP contribution in [0.3, 0.4) is 0 Å². The fourth-order valence-electron chi connectivity index (χ4n) is 1.68. The highest BCUT2D eigenvalue weighted by molar-refractivity contribution is 5.02. The average Bonchev–Trinajstić information content (AvgIpc) is 2.30. The molecule has 0 spiro atoms. The van der Waals surface area contributed by atoms with Crippen LogP contribution in [0.1, 0.15) is 20.3 Å². The molecule has 0 radical (unpaired) electrons. The van der Waals surface area contributed by atoms with Crippen molar-refractivity contribution in [2.24, 2.45) is 0 Å². The molecule has 0 aromatic rings. The van der Waals surface area contributed by atoms with Crippen LogP contribution in [0.5, 0.6) is 0 Å². The smallest absolute Gasteiger partial charge is 0.103 e. The zero-order chi connectivity index (χ0) is 9.90. The second kappa shape index (κ2) is 4.08. The van der Waals surface area contributed by atoms with E-state index in [1.807, 2.05) is 13.8 Å². The lowest BCUT2D eigenvalue weighted by atomic mass is 10.1. The van der Waals surface area contributed by atoms with Gasteiger partial charge < -0.3 is 4.90 Å². The van der Waals surface area contributed by atoms with Gasteiger partial charge in [-0.3, -0.25) is 4.90 Å². The van der Waals surface area contributed by atoms with Crippen molar-refractivity contribution in [2.75, 3.05) is 33.2 Å². The Morgan fingerprint density at radius 1 is 1.15 bits per heavy atom. The SMILES string of the molecule is CN1CCCN(C(C)(C)C#N)CC1. The number of hydrogen-bond donors (Lipinski definition) is 0. The van der Waals surface area contributed by atoms with Crippen LogP contribution in [0.15, 0.2) is 0 Å². The Labute approximate surface area is 80.9 Å². The zero-order valence-corrected chi connectivity index (χ0v) is 8.88. The molecule has 0 unspecified atom stereocenters. The van der Waals surface area contributed by atoms with Gasteiger partial charge in [-0.1, -0.05) is 0 Å². The molecule has 0 aromatic carbocycles. The fraction of sp³-hybridized carbons (Fsp3) is 0.900. The summed E-state index contributed by atoms with van der Waals surface area (Å²) in [5.74, 6) is 0. The first-order chi connectivity index (χ1) is 6.06. The van der Waals surface area contributed by atoms with Gasteiger partial charge in [-0.05, 0) is 33.9 Å². The van der Waals surface area contributed by atoms with Gasteiger partial charge in [0.05, 0.1) is 6.07 Å². The highest BCUT2D eigenvalue weighted by Gasteiger charge is 2.27. The molecule has 1 fully saturated rings. The predicted molar refractivity (Wildman–Crippen MR) is 53.4 cm³/mol. The standard InChI is InChI=1S/C10H19N3/c1-10(2,9-11)13-6-4-5-12(3)7-8-13/h4-8H2,1-3H3. The van der Waals surface area contributed by atoms with Gasteiger partial charge in [-0.15, -0.1) is 0 Å². The Kier molecular flexibility index (Phi) is 3.29. The topological polar surface area (TPSA) is 30.3 Å². The molecule has 3 nitrogen and oxygen atoms in total. The molecular weight excluding hydrogens is 162 g/mol. The van der Waals surface area contributed by atoms with Gasteiger partial charge in [0.15, 0.2) is 0 Å². The summed E-state index contributed by atoms with van der Waals surface area (Å²) in [6, 6.07) is 2.36.